The molecular weight excluding hydrogens is 394 g/mol. The summed E-state index contributed by atoms with van der Waals surface area (Å²) >= 11 is 0. The Kier molecular flexibility index (Phi) is 9.78. The van der Waals surface area contributed by atoms with E-state index in [-0.39, 0.29) is 24.2 Å². The number of aliphatic hydroxyl groups is 1. The number of allylic oxidation sites excluding steroid dienone is 3. The molecular formula is C25H35NO5. The molecule has 0 radical (unpaired) electrons. The SMILES string of the molecule is C#CC(O)(C=C[C@@H]1[C@@H](C#N)CC2(OCCO2)[C@H]1CC=CCCCC(=O)O)CCCCC. The third kappa shape index (κ3) is 6.94. The van der Waals surface area contributed by atoms with E-state index in [1.807, 2.05) is 18.2 Å². The maximum absolute atomic E-state index is 10.8. The van der Waals surface area contributed by atoms with Gasteiger partial charge in [-0.1, -0.05) is 43.9 Å². The minimum atomic E-state index is -1.32. The van der Waals surface area contributed by atoms with Gasteiger partial charge in [0.25, 0.3) is 0 Å². The fourth-order valence-corrected chi connectivity index (χ4v) is 4.56. The smallest absolute Gasteiger partial charge is 0.303 e. The highest BCUT2D eigenvalue weighted by Gasteiger charge is 2.56. The first-order valence-corrected chi connectivity index (χ1v) is 11.3. The van der Waals surface area contributed by atoms with Gasteiger partial charge in [0.2, 0.25) is 0 Å². The summed E-state index contributed by atoms with van der Waals surface area (Å²) in [6.07, 6.45) is 19.1. The minimum Gasteiger partial charge on any atom is -0.481 e. The van der Waals surface area contributed by atoms with Gasteiger partial charge in [0, 0.05) is 24.7 Å². The van der Waals surface area contributed by atoms with E-state index in [2.05, 4.69) is 18.9 Å². The van der Waals surface area contributed by atoms with Crippen LogP contribution in [0.5, 0.6) is 0 Å². The molecule has 6 heteroatoms. The van der Waals surface area contributed by atoms with Gasteiger partial charge in [-0.05, 0) is 38.2 Å². The standard InChI is InChI=1S/C25H35NO5/c1-3-5-10-14-24(29,4-2)15-13-21-20(19-26)18-25(30-16-17-31-25)22(21)11-8-6-7-9-12-23(27)28/h2,6,8,13,15,20-22,29H,3,5,7,9-12,14,16-18H2,1H3,(H,27,28)/t20-,21-,22+,24?/m1/s1. The van der Waals surface area contributed by atoms with Crippen LogP contribution >= 0.6 is 0 Å². The highest BCUT2D eigenvalue weighted by atomic mass is 16.7. The zero-order valence-corrected chi connectivity index (χ0v) is 18.5. The number of hydrogen-bond donors (Lipinski definition) is 2. The molecule has 2 rings (SSSR count). The number of terminal acetylenes is 1. The van der Waals surface area contributed by atoms with Crippen molar-refractivity contribution in [3.05, 3.63) is 24.3 Å². The lowest BCUT2D eigenvalue weighted by Gasteiger charge is -2.30. The van der Waals surface area contributed by atoms with Crippen molar-refractivity contribution < 1.29 is 24.5 Å². The van der Waals surface area contributed by atoms with Crippen LogP contribution < -0.4 is 0 Å². The van der Waals surface area contributed by atoms with Crippen molar-refractivity contribution in [1.29, 1.82) is 5.26 Å². The second-order valence-electron chi connectivity index (χ2n) is 8.51. The van der Waals surface area contributed by atoms with Gasteiger partial charge in [-0.3, -0.25) is 4.79 Å². The fraction of sp³-hybridized carbons (Fsp3) is 0.680. The number of hydrogen-bond acceptors (Lipinski definition) is 5. The molecule has 2 fully saturated rings. The highest BCUT2D eigenvalue weighted by molar-refractivity contribution is 5.66. The quantitative estimate of drug-likeness (QED) is 0.274. The Bertz CT molecular complexity index is 725. The Morgan fingerprint density at radius 3 is 2.65 bits per heavy atom. The predicted molar refractivity (Wildman–Crippen MR) is 118 cm³/mol. The van der Waals surface area contributed by atoms with Crippen molar-refractivity contribution in [2.45, 2.75) is 76.1 Å². The van der Waals surface area contributed by atoms with Crippen LogP contribution in [-0.4, -0.2) is 40.8 Å². The van der Waals surface area contributed by atoms with Crippen molar-refractivity contribution in [2.24, 2.45) is 17.8 Å². The number of unbranched alkanes of at least 4 members (excludes halogenated alkanes) is 3. The molecule has 1 aliphatic heterocycles. The van der Waals surface area contributed by atoms with Gasteiger partial charge in [0.05, 0.1) is 25.2 Å². The normalized spacial score (nSPS) is 26.9. The summed E-state index contributed by atoms with van der Waals surface area (Å²) in [5.74, 6) is 0.391. The summed E-state index contributed by atoms with van der Waals surface area (Å²) in [4.78, 5) is 10.7. The lowest BCUT2D eigenvalue weighted by Crippen LogP contribution is -2.36. The number of nitrogens with zero attached hydrogens (tertiary/aromatic N) is 1. The number of aliphatic carboxylic acids is 1. The number of carboxylic acid groups (broad SMARTS) is 1. The van der Waals surface area contributed by atoms with Crippen LogP contribution in [0.4, 0.5) is 0 Å². The Hall–Kier alpha value is -2.12. The van der Waals surface area contributed by atoms with Gasteiger partial charge in [-0.15, -0.1) is 6.42 Å². The molecule has 1 unspecified atom stereocenters. The first kappa shape index (κ1) is 25.1. The van der Waals surface area contributed by atoms with Gasteiger partial charge < -0.3 is 19.7 Å². The summed E-state index contributed by atoms with van der Waals surface area (Å²) in [5, 5.41) is 29.3. The lowest BCUT2D eigenvalue weighted by atomic mass is 9.84. The number of carboxylic acids is 1. The first-order chi connectivity index (χ1) is 14.9. The number of ether oxygens (including phenoxy) is 2. The van der Waals surface area contributed by atoms with E-state index < -0.39 is 17.4 Å². The molecule has 1 saturated carbocycles. The monoisotopic (exact) mass is 429 g/mol. The predicted octanol–water partition coefficient (Wildman–Crippen LogP) is 4.21. The van der Waals surface area contributed by atoms with Gasteiger partial charge in [-0.25, -0.2) is 0 Å². The topological polar surface area (TPSA) is 99.8 Å². The molecule has 6 nitrogen and oxygen atoms in total. The summed E-state index contributed by atoms with van der Waals surface area (Å²) in [6, 6.07) is 2.39. The van der Waals surface area contributed by atoms with Crippen LogP contribution in [0.25, 0.3) is 0 Å². The zero-order chi connectivity index (χ0) is 22.7. The van der Waals surface area contributed by atoms with Gasteiger partial charge in [-0.2, -0.15) is 5.26 Å². The second kappa shape index (κ2) is 12.1. The van der Waals surface area contributed by atoms with Gasteiger partial charge in [0.1, 0.15) is 5.60 Å². The molecule has 2 aliphatic rings. The molecule has 0 aromatic carbocycles. The minimum absolute atomic E-state index is 0.0794. The lowest BCUT2D eigenvalue weighted by molar-refractivity contribution is -0.184. The van der Waals surface area contributed by atoms with E-state index in [0.717, 1.165) is 19.3 Å². The molecule has 0 amide bonds. The summed E-state index contributed by atoms with van der Waals surface area (Å²) in [7, 11) is 0. The molecule has 1 spiro atoms. The second-order valence-corrected chi connectivity index (χ2v) is 8.51. The molecule has 0 bridgehead atoms. The molecule has 1 heterocycles. The maximum Gasteiger partial charge on any atom is 0.303 e. The summed E-state index contributed by atoms with van der Waals surface area (Å²) in [6.45, 7) is 3.10. The van der Waals surface area contributed by atoms with E-state index >= 15 is 0 Å². The summed E-state index contributed by atoms with van der Waals surface area (Å²) in [5.41, 5.74) is -1.32. The largest absolute Gasteiger partial charge is 0.481 e. The van der Waals surface area contributed by atoms with Crippen molar-refractivity contribution in [1.82, 2.24) is 0 Å². The third-order valence-electron chi connectivity index (χ3n) is 6.26. The average molecular weight is 430 g/mol. The van der Waals surface area contributed by atoms with Gasteiger partial charge in [0.15, 0.2) is 5.79 Å². The molecule has 31 heavy (non-hydrogen) atoms. The van der Waals surface area contributed by atoms with E-state index in [4.69, 9.17) is 21.0 Å². The van der Waals surface area contributed by atoms with Crippen LogP contribution in [0.3, 0.4) is 0 Å². The average Bonchev–Trinajstić information content (AvgIpc) is 3.34. The van der Waals surface area contributed by atoms with Crippen molar-refractivity contribution in [3.8, 4) is 18.4 Å². The Morgan fingerprint density at radius 2 is 2.03 bits per heavy atom. The van der Waals surface area contributed by atoms with Crippen molar-refractivity contribution in [3.63, 3.8) is 0 Å². The Morgan fingerprint density at radius 1 is 1.29 bits per heavy atom. The van der Waals surface area contributed by atoms with E-state index in [0.29, 0.717) is 45.3 Å². The third-order valence-corrected chi connectivity index (χ3v) is 6.26. The molecule has 170 valence electrons. The number of nitriles is 1. The van der Waals surface area contributed by atoms with Crippen molar-refractivity contribution >= 4 is 5.97 Å². The Balaban J connectivity index is 2.14. The van der Waals surface area contributed by atoms with E-state index in [1.54, 1.807) is 6.08 Å². The molecule has 0 aromatic rings. The highest BCUT2D eigenvalue weighted by Crippen LogP contribution is 2.51. The molecule has 1 saturated heterocycles. The molecule has 1 aliphatic carbocycles. The number of carbonyl (C=O) groups is 1. The van der Waals surface area contributed by atoms with Gasteiger partial charge >= 0.3 is 5.97 Å². The zero-order valence-electron chi connectivity index (χ0n) is 18.5. The van der Waals surface area contributed by atoms with Crippen LogP contribution in [0, 0.1) is 41.4 Å². The molecule has 0 aromatic heterocycles. The first-order valence-electron chi connectivity index (χ1n) is 11.3. The summed E-state index contributed by atoms with van der Waals surface area (Å²) < 4.78 is 12.0. The van der Waals surface area contributed by atoms with Crippen LogP contribution in [0.15, 0.2) is 24.3 Å². The maximum atomic E-state index is 10.8. The Labute approximate surface area is 185 Å². The number of rotatable bonds is 12. The van der Waals surface area contributed by atoms with E-state index in [9.17, 15) is 15.2 Å². The van der Waals surface area contributed by atoms with Crippen molar-refractivity contribution in [2.75, 3.05) is 13.2 Å². The fourth-order valence-electron chi connectivity index (χ4n) is 4.56. The van der Waals surface area contributed by atoms with Crippen LogP contribution in [0.2, 0.25) is 0 Å². The van der Waals surface area contributed by atoms with Crippen LogP contribution in [-0.2, 0) is 14.3 Å². The van der Waals surface area contributed by atoms with Crippen LogP contribution in [0.1, 0.15) is 64.7 Å². The van der Waals surface area contributed by atoms with E-state index in [1.165, 1.54) is 0 Å². The molecule has 4 atom stereocenters. The molecule has 2 N–H and O–H groups in total.